The molecule has 0 aromatic carbocycles. The van der Waals surface area contributed by atoms with Gasteiger partial charge in [0.15, 0.2) is 6.10 Å². The van der Waals surface area contributed by atoms with E-state index in [0.717, 1.165) is 0 Å². The van der Waals surface area contributed by atoms with Crippen LogP contribution in [-0.4, -0.2) is 51.7 Å². The summed E-state index contributed by atoms with van der Waals surface area (Å²) in [6.07, 6.45) is -1.73. The average Bonchev–Trinajstić information content (AvgIpc) is 2.16. The largest absolute Gasteiger partial charge is 0.458 e. The predicted octanol–water partition coefficient (Wildman–Crippen LogP) is -0.0233. The highest BCUT2D eigenvalue weighted by Crippen LogP contribution is 2.22. The fraction of sp³-hybridized carbons (Fsp3) is 0.889. The first-order chi connectivity index (χ1) is 6.65. The number of carbonyl (C=O) groups is 1. The number of ether oxygens (including phenoxy) is 4. The van der Waals surface area contributed by atoms with E-state index in [1.54, 1.807) is 14.0 Å². The van der Waals surface area contributed by atoms with E-state index in [1.165, 1.54) is 14.2 Å². The molecule has 4 unspecified atom stereocenters. The Morgan fingerprint density at radius 1 is 1.07 bits per heavy atom. The van der Waals surface area contributed by atoms with E-state index in [4.69, 9.17) is 18.9 Å². The van der Waals surface area contributed by atoms with E-state index in [0.29, 0.717) is 0 Å². The van der Waals surface area contributed by atoms with Crippen LogP contribution in [0.5, 0.6) is 0 Å². The number of hydrogen-bond acceptors (Lipinski definition) is 5. The van der Waals surface area contributed by atoms with E-state index in [1.807, 2.05) is 0 Å². The van der Waals surface area contributed by atoms with E-state index >= 15 is 0 Å². The van der Waals surface area contributed by atoms with Crippen molar-refractivity contribution in [3.8, 4) is 0 Å². The molecule has 1 fully saturated rings. The highest BCUT2D eigenvalue weighted by molar-refractivity contribution is 5.76. The molecule has 4 atom stereocenters. The van der Waals surface area contributed by atoms with Gasteiger partial charge in [-0.05, 0) is 6.92 Å². The summed E-state index contributed by atoms with van der Waals surface area (Å²) in [5, 5.41) is 0. The van der Waals surface area contributed by atoms with Crippen LogP contribution in [-0.2, 0) is 23.7 Å². The van der Waals surface area contributed by atoms with Gasteiger partial charge in [0.2, 0.25) is 0 Å². The molecule has 1 aliphatic rings. The topological polar surface area (TPSA) is 54.0 Å². The van der Waals surface area contributed by atoms with Crippen molar-refractivity contribution in [1.82, 2.24) is 0 Å². The summed E-state index contributed by atoms with van der Waals surface area (Å²) in [6.45, 7) is 1.77. The van der Waals surface area contributed by atoms with Crippen LogP contribution in [0.4, 0.5) is 0 Å². The molecule has 0 saturated carbocycles. The minimum atomic E-state index is -0.707. The van der Waals surface area contributed by atoms with E-state index < -0.39 is 18.2 Å². The summed E-state index contributed by atoms with van der Waals surface area (Å²) in [4.78, 5) is 11.4. The Bertz CT molecular complexity index is 205. The maximum atomic E-state index is 11.4. The lowest BCUT2D eigenvalue weighted by Gasteiger charge is -2.37. The molecule has 0 spiro atoms. The molecule has 1 aliphatic heterocycles. The van der Waals surface area contributed by atoms with Gasteiger partial charge in [-0.2, -0.15) is 0 Å². The second-order valence-corrected chi connectivity index (χ2v) is 3.20. The lowest BCUT2D eigenvalue weighted by atomic mass is 10.00. The van der Waals surface area contributed by atoms with Crippen molar-refractivity contribution < 1.29 is 23.7 Å². The van der Waals surface area contributed by atoms with Crippen LogP contribution in [0, 0.1) is 0 Å². The van der Waals surface area contributed by atoms with Crippen molar-refractivity contribution in [3.05, 3.63) is 0 Å². The Kier molecular flexibility index (Phi) is 3.86. The van der Waals surface area contributed by atoms with Crippen LogP contribution in [0.25, 0.3) is 0 Å². The molecule has 0 bridgehead atoms. The van der Waals surface area contributed by atoms with Gasteiger partial charge in [-0.3, -0.25) is 0 Å². The molecule has 5 nitrogen and oxygen atoms in total. The van der Waals surface area contributed by atoms with Gasteiger partial charge in [0, 0.05) is 21.3 Å². The second-order valence-electron chi connectivity index (χ2n) is 3.20. The van der Waals surface area contributed by atoms with E-state index in [-0.39, 0.29) is 12.2 Å². The standard InChI is InChI=1S/C9H16O5/c1-5-6(11-2)7(12-3)8(13-4)9(10)14-5/h5-8H,1-4H3. The molecule has 0 aromatic heterocycles. The molecule has 0 amide bonds. The third-order valence-corrected chi connectivity index (χ3v) is 2.42. The second kappa shape index (κ2) is 4.72. The van der Waals surface area contributed by atoms with Gasteiger partial charge in [-0.15, -0.1) is 0 Å². The molecular formula is C9H16O5. The SMILES string of the molecule is COC1C(=O)OC(C)C(OC)C1OC. The number of rotatable bonds is 3. The van der Waals surface area contributed by atoms with Gasteiger partial charge >= 0.3 is 5.97 Å². The van der Waals surface area contributed by atoms with Crippen molar-refractivity contribution in [2.45, 2.75) is 31.3 Å². The van der Waals surface area contributed by atoms with Crippen molar-refractivity contribution in [3.63, 3.8) is 0 Å². The lowest BCUT2D eigenvalue weighted by molar-refractivity contribution is -0.212. The van der Waals surface area contributed by atoms with Gasteiger partial charge in [0.1, 0.15) is 18.3 Å². The van der Waals surface area contributed by atoms with Crippen LogP contribution < -0.4 is 0 Å². The fourth-order valence-electron chi connectivity index (χ4n) is 1.70. The summed E-state index contributed by atoms with van der Waals surface area (Å²) in [5.41, 5.74) is 0. The first kappa shape index (κ1) is 11.4. The van der Waals surface area contributed by atoms with Gasteiger partial charge in [0.05, 0.1) is 0 Å². The third-order valence-electron chi connectivity index (χ3n) is 2.42. The first-order valence-corrected chi connectivity index (χ1v) is 4.44. The number of hydrogen-bond donors (Lipinski definition) is 0. The molecule has 5 heteroatoms. The average molecular weight is 204 g/mol. The summed E-state index contributed by atoms with van der Waals surface area (Å²) < 4.78 is 20.5. The normalized spacial score (nSPS) is 38.1. The zero-order valence-electron chi connectivity index (χ0n) is 8.85. The summed E-state index contributed by atoms with van der Waals surface area (Å²) in [5.74, 6) is -0.403. The molecule has 0 radical (unpaired) electrons. The summed E-state index contributed by atoms with van der Waals surface area (Å²) >= 11 is 0. The highest BCUT2D eigenvalue weighted by atomic mass is 16.6. The molecule has 1 heterocycles. The number of carbonyl (C=O) groups excluding carboxylic acids is 1. The van der Waals surface area contributed by atoms with Gasteiger partial charge in [-0.25, -0.2) is 4.79 Å². The van der Waals surface area contributed by atoms with Crippen LogP contribution in [0.3, 0.4) is 0 Å². The first-order valence-electron chi connectivity index (χ1n) is 4.44. The molecular weight excluding hydrogens is 188 g/mol. The van der Waals surface area contributed by atoms with Crippen molar-refractivity contribution in [1.29, 1.82) is 0 Å². The molecule has 14 heavy (non-hydrogen) atoms. The zero-order chi connectivity index (χ0) is 10.7. The minimum absolute atomic E-state index is 0.289. The maximum absolute atomic E-state index is 11.4. The number of cyclic esters (lactones) is 1. The lowest BCUT2D eigenvalue weighted by Crippen LogP contribution is -2.56. The van der Waals surface area contributed by atoms with Gasteiger partial charge < -0.3 is 18.9 Å². The van der Waals surface area contributed by atoms with Crippen LogP contribution in [0.2, 0.25) is 0 Å². The predicted molar refractivity (Wildman–Crippen MR) is 47.9 cm³/mol. The summed E-state index contributed by atoms with van der Waals surface area (Å²) in [6, 6.07) is 0. The third kappa shape index (κ3) is 1.89. The van der Waals surface area contributed by atoms with Crippen molar-refractivity contribution in [2.24, 2.45) is 0 Å². The molecule has 0 aliphatic carbocycles. The van der Waals surface area contributed by atoms with Gasteiger partial charge in [0.25, 0.3) is 0 Å². The zero-order valence-corrected chi connectivity index (χ0v) is 8.85. The minimum Gasteiger partial charge on any atom is -0.458 e. The fourth-order valence-corrected chi connectivity index (χ4v) is 1.70. The van der Waals surface area contributed by atoms with Crippen molar-refractivity contribution >= 4 is 5.97 Å². The molecule has 1 saturated heterocycles. The Morgan fingerprint density at radius 2 is 1.64 bits per heavy atom. The maximum Gasteiger partial charge on any atom is 0.338 e. The molecule has 0 N–H and O–H groups in total. The smallest absolute Gasteiger partial charge is 0.338 e. The van der Waals surface area contributed by atoms with Crippen LogP contribution in [0.1, 0.15) is 6.92 Å². The Hall–Kier alpha value is -0.650. The Labute approximate surface area is 83.3 Å². The summed E-state index contributed by atoms with van der Waals surface area (Å²) in [7, 11) is 4.52. The number of methoxy groups -OCH3 is 3. The van der Waals surface area contributed by atoms with Crippen LogP contribution in [0.15, 0.2) is 0 Å². The molecule has 82 valence electrons. The highest BCUT2D eigenvalue weighted by Gasteiger charge is 2.45. The molecule has 0 aromatic rings. The van der Waals surface area contributed by atoms with Crippen LogP contribution >= 0.6 is 0 Å². The monoisotopic (exact) mass is 204 g/mol. The number of esters is 1. The molecule has 1 rings (SSSR count). The quantitative estimate of drug-likeness (QED) is 0.604. The Morgan fingerprint density at radius 3 is 2.07 bits per heavy atom. The van der Waals surface area contributed by atoms with E-state index in [9.17, 15) is 4.79 Å². The van der Waals surface area contributed by atoms with Crippen molar-refractivity contribution in [2.75, 3.05) is 21.3 Å². The van der Waals surface area contributed by atoms with Gasteiger partial charge in [-0.1, -0.05) is 0 Å². The van der Waals surface area contributed by atoms with E-state index in [2.05, 4.69) is 0 Å². The Balaban J connectivity index is 2.82.